The first kappa shape index (κ1) is 14.2. The lowest BCUT2D eigenvalue weighted by Crippen LogP contribution is -2.57. The van der Waals surface area contributed by atoms with Crippen molar-refractivity contribution in [2.75, 3.05) is 6.54 Å². The highest BCUT2D eigenvalue weighted by atomic mass is 35.5. The molecule has 0 bridgehead atoms. The molecule has 1 aromatic carbocycles. The third kappa shape index (κ3) is 3.19. The number of halogens is 2. The van der Waals surface area contributed by atoms with E-state index in [0.717, 1.165) is 5.56 Å². The minimum Gasteiger partial charge on any atom is -0.343 e. The quantitative estimate of drug-likeness (QED) is 0.930. The summed E-state index contributed by atoms with van der Waals surface area (Å²) in [6.07, 6.45) is 0.579. The summed E-state index contributed by atoms with van der Waals surface area (Å²) in [6.45, 7) is 2.24. The number of rotatable bonds is 3. The Labute approximate surface area is 121 Å². The van der Waals surface area contributed by atoms with Gasteiger partial charge >= 0.3 is 0 Å². The van der Waals surface area contributed by atoms with Crippen molar-refractivity contribution >= 4 is 35.0 Å². The van der Waals surface area contributed by atoms with Crippen LogP contribution in [-0.4, -0.2) is 29.3 Å². The van der Waals surface area contributed by atoms with Gasteiger partial charge in [0.2, 0.25) is 11.8 Å². The number of amides is 2. The van der Waals surface area contributed by atoms with Crippen LogP contribution in [0.5, 0.6) is 0 Å². The molecule has 1 unspecified atom stereocenters. The number of piperazine rings is 1. The van der Waals surface area contributed by atoms with Gasteiger partial charge in [-0.05, 0) is 24.1 Å². The molecule has 4 nitrogen and oxygen atoms in total. The first-order valence-corrected chi connectivity index (χ1v) is 6.79. The van der Waals surface area contributed by atoms with Gasteiger partial charge in [0.25, 0.3) is 0 Å². The number of nitrogens with zero attached hydrogens (tertiary/aromatic N) is 1. The second kappa shape index (κ2) is 5.80. The minimum absolute atomic E-state index is 0.0638. The lowest BCUT2D eigenvalue weighted by molar-refractivity contribution is -0.144. The summed E-state index contributed by atoms with van der Waals surface area (Å²) in [4.78, 5) is 25.2. The Kier molecular flexibility index (Phi) is 4.32. The van der Waals surface area contributed by atoms with E-state index in [4.69, 9.17) is 23.2 Å². The van der Waals surface area contributed by atoms with Gasteiger partial charge in [0.05, 0.1) is 6.54 Å². The fourth-order valence-corrected chi connectivity index (χ4v) is 2.51. The Morgan fingerprint density at radius 3 is 2.74 bits per heavy atom. The van der Waals surface area contributed by atoms with Crippen LogP contribution in [0.3, 0.4) is 0 Å². The molecule has 0 spiro atoms. The fraction of sp³-hybridized carbons (Fsp3) is 0.385. The summed E-state index contributed by atoms with van der Waals surface area (Å²) in [6, 6.07) is 4.68. The van der Waals surface area contributed by atoms with Crippen LogP contribution in [0.25, 0.3) is 0 Å². The molecule has 19 heavy (non-hydrogen) atoms. The van der Waals surface area contributed by atoms with E-state index in [1.807, 2.05) is 6.92 Å². The molecular formula is C13H14Cl2N2O2. The zero-order valence-electron chi connectivity index (χ0n) is 10.5. The van der Waals surface area contributed by atoms with Crippen molar-refractivity contribution < 1.29 is 9.59 Å². The van der Waals surface area contributed by atoms with E-state index in [0.29, 0.717) is 23.0 Å². The van der Waals surface area contributed by atoms with Crippen LogP contribution in [0, 0.1) is 0 Å². The number of nitrogens with one attached hydrogen (secondary N) is 1. The summed E-state index contributed by atoms with van der Waals surface area (Å²) in [5.74, 6) is -0.218. The molecule has 2 rings (SSSR count). The van der Waals surface area contributed by atoms with Crippen molar-refractivity contribution in [2.45, 2.75) is 25.9 Å². The van der Waals surface area contributed by atoms with E-state index in [1.54, 1.807) is 18.2 Å². The molecule has 1 fully saturated rings. The summed E-state index contributed by atoms with van der Waals surface area (Å²) < 4.78 is 0. The Balaban J connectivity index is 2.17. The molecule has 1 aliphatic heterocycles. The predicted molar refractivity (Wildman–Crippen MR) is 74.1 cm³/mol. The van der Waals surface area contributed by atoms with Crippen LogP contribution < -0.4 is 5.32 Å². The highest BCUT2D eigenvalue weighted by Gasteiger charge is 2.31. The average Bonchev–Trinajstić information content (AvgIpc) is 2.36. The molecule has 102 valence electrons. The zero-order chi connectivity index (χ0) is 14.0. The van der Waals surface area contributed by atoms with E-state index < -0.39 is 6.04 Å². The molecule has 1 heterocycles. The summed E-state index contributed by atoms with van der Waals surface area (Å²) in [5.41, 5.74) is 0.781. The predicted octanol–water partition coefficient (Wildman–Crippen LogP) is 2.23. The van der Waals surface area contributed by atoms with Crippen LogP contribution in [-0.2, 0) is 16.1 Å². The molecule has 1 N–H and O–H groups in total. The van der Waals surface area contributed by atoms with E-state index in [9.17, 15) is 9.59 Å². The van der Waals surface area contributed by atoms with Gasteiger partial charge in [-0.1, -0.05) is 36.2 Å². The summed E-state index contributed by atoms with van der Waals surface area (Å²) >= 11 is 11.9. The summed E-state index contributed by atoms with van der Waals surface area (Å²) in [7, 11) is 0. The molecule has 0 aliphatic carbocycles. The van der Waals surface area contributed by atoms with Crippen LogP contribution in [0.15, 0.2) is 18.2 Å². The van der Waals surface area contributed by atoms with E-state index in [2.05, 4.69) is 5.32 Å². The molecule has 1 aliphatic rings. The van der Waals surface area contributed by atoms with Gasteiger partial charge in [0.15, 0.2) is 0 Å². The molecule has 2 amide bonds. The first-order chi connectivity index (χ1) is 9.01. The summed E-state index contributed by atoms with van der Waals surface area (Å²) in [5, 5.41) is 3.71. The molecule has 0 radical (unpaired) electrons. The van der Waals surface area contributed by atoms with Crippen LogP contribution in [0.1, 0.15) is 18.9 Å². The minimum atomic E-state index is -0.438. The first-order valence-electron chi connectivity index (χ1n) is 6.03. The van der Waals surface area contributed by atoms with Gasteiger partial charge in [-0.25, -0.2) is 0 Å². The number of carbonyl (C=O) groups excluding carboxylic acids is 2. The SMILES string of the molecule is CCC1NC(=O)CN(Cc2ccc(Cl)cc2Cl)C1=O. The molecule has 0 saturated carbocycles. The van der Waals surface area contributed by atoms with Crippen molar-refractivity contribution in [3.63, 3.8) is 0 Å². The zero-order valence-corrected chi connectivity index (χ0v) is 12.0. The van der Waals surface area contributed by atoms with Crippen molar-refractivity contribution in [1.29, 1.82) is 0 Å². The largest absolute Gasteiger partial charge is 0.343 e. The number of carbonyl (C=O) groups is 2. The van der Waals surface area contributed by atoms with Crippen LogP contribution in [0.4, 0.5) is 0 Å². The maximum Gasteiger partial charge on any atom is 0.245 e. The van der Waals surface area contributed by atoms with Crippen molar-refractivity contribution in [1.82, 2.24) is 10.2 Å². The average molecular weight is 301 g/mol. The Hall–Kier alpha value is -1.26. The van der Waals surface area contributed by atoms with Crippen molar-refractivity contribution in [3.05, 3.63) is 33.8 Å². The highest BCUT2D eigenvalue weighted by Crippen LogP contribution is 2.23. The van der Waals surface area contributed by atoms with E-state index >= 15 is 0 Å². The van der Waals surface area contributed by atoms with E-state index in [-0.39, 0.29) is 18.4 Å². The molecule has 1 aromatic rings. The van der Waals surface area contributed by atoms with Gasteiger partial charge in [-0.15, -0.1) is 0 Å². The van der Waals surface area contributed by atoms with Crippen molar-refractivity contribution in [3.8, 4) is 0 Å². The standard InChI is InChI=1S/C13H14Cl2N2O2/c1-2-11-13(19)17(7-12(18)16-11)6-8-3-4-9(14)5-10(8)15/h3-5,11H,2,6-7H2,1H3,(H,16,18). The number of hydrogen-bond acceptors (Lipinski definition) is 2. The lowest BCUT2D eigenvalue weighted by atomic mass is 10.1. The number of benzene rings is 1. The monoisotopic (exact) mass is 300 g/mol. The Morgan fingerprint density at radius 2 is 2.11 bits per heavy atom. The Morgan fingerprint density at radius 1 is 1.37 bits per heavy atom. The maximum atomic E-state index is 12.1. The van der Waals surface area contributed by atoms with Gasteiger partial charge in [-0.2, -0.15) is 0 Å². The smallest absolute Gasteiger partial charge is 0.245 e. The molecule has 6 heteroatoms. The second-order valence-corrected chi connectivity index (χ2v) is 5.30. The topological polar surface area (TPSA) is 49.4 Å². The molecule has 0 aromatic heterocycles. The normalized spacial score (nSPS) is 19.5. The van der Waals surface area contributed by atoms with Gasteiger partial charge < -0.3 is 10.2 Å². The third-order valence-electron chi connectivity index (χ3n) is 3.06. The van der Waals surface area contributed by atoms with Gasteiger partial charge in [-0.3, -0.25) is 9.59 Å². The lowest BCUT2D eigenvalue weighted by Gasteiger charge is -2.32. The van der Waals surface area contributed by atoms with Crippen LogP contribution in [0.2, 0.25) is 10.0 Å². The van der Waals surface area contributed by atoms with Crippen molar-refractivity contribution in [2.24, 2.45) is 0 Å². The van der Waals surface area contributed by atoms with Gasteiger partial charge in [0, 0.05) is 16.6 Å². The third-order valence-corrected chi connectivity index (χ3v) is 3.65. The maximum absolute atomic E-state index is 12.1. The molecular weight excluding hydrogens is 287 g/mol. The Bertz CT molecular complexity index is 519. The highest BCUT2D eigenvalue weighted by molar-refractivity contribution is 6.35. The molecule has 1 atom stereocenters. The van der Waals surface area contributed by atoms with E-state index in [1.165, 1.54) is 4.90 Å². The number of hydrogen-bond donors (Lipinski definition) is 1. The molecule has 1 saturated heterocycles. The second-order valence-electron chi connectivity index (χ2n) is 4.46. The fourth-order valence-electron chi connectivity index (χ4n) is 2.04. The van der Waals surface area contributed by atoms with Crippen LogP contribution >= 0.6 is 23.2 Å². The van der Waals surface area contributed by atoms with Gasteiger partial charge in [0.1, 0.15) is 6.04 Å².